The van der Waals surface area contributed by atoms with Gasteiger partial charge in [0.15, 0.2) is 0 Å². The molecule has 5 heteroatoms. The van der Waals surface area contributed by atoms with Crippen LogP contribution in [0.15, 0.2) is 0 Å². The zero-order valence-electron chi connectivity index (χ0n) is 7.02. The lowest BCUT2D eigenvalue weighted by Crippen LogP contribution is -2.16. The van der Waals surface area contributed by atoms with Crippen LogP contribution in [0.4, 0.5) is 9.59 Å². The Hall–Kier alpha value is -1.26. The Bertz CT molecular complexity index is 205. The van der Waals surface area contributed by atoms with Gasteiger partial charge in [0.05, 0.1) is 0 Å². The van der Waals surface area contributed by atoms with E-state index < -0.39 is 12.3 Å². The monoisotopic (exact) mass is 186 g/mol. The summed E-state index contributed by atoms with van der Waals surface area (Å²) in [5, 5.41) is 0. The van der Waals surface area contributed by atoms with E-state index in [1.807, 2.05) is 0 Å². The third-order valence-electron chi connectivity index (χ3n) is 1.74. The molecule has 0 amide bonds. The van der Waals surface area contributed by atoms with Crippen LogP contribution in [0, 0.1) is 0 Å². The van der Waals surface area contributed by atoms with E-state index in [4.69, 9.17) is 0 Å². The predicted molar refractivity (Wildman–Crippen MR) is 40.1 cm³/mol. The highest BCUT2D eigenvalue weighted by atomic mass is 16.8. The van der Waals surface area contributed by atoms with Gasteiger partial charge < -0.3 is 14.2 Å². The van der Waals surface area contributed by atoms with Crippen LogP contribution in [0.25, 0.3) is 0 Å². The molecule has 0 saturated heterocycles. The minimum absolute atomic E-state index is 0.0544. The summed E-state index contributed by atoms with van der Waals surface area (Å²) in [5.41, 5.74) is 0. The molecule has 0 aromatic heterocycles. The SMILES string of the molecule is O=C(OC(=O)OC1CC1)OC1CC1. The fourth-order valence-corrected chi connectivity index (χ4v) is 0.760. The zero-order valence-corrected chi connectivity index (χ0v) is 7.02. The molecular weight excluding hydrogens is 176 g/mol. The van der Waals surface area contributed by atoms with Crippen molar-refractivity contribution in [2.75, 3.05) is 0 Å². The van der Waals surface area contributed by atoms with Crippen molar-refractivity contribution in [2.45, 2.75) is 37.9 Å². The van der Waals surface area contributed by atoms with Gasteiger partial charge in [-0.3, -0.25) is 0 Å². The molecule has 13 heavy (non-hydrogen) atoms. The van der Waals surface area contributed by atoms with Gasteiger partial charge in [-0.2, -0.15) is 0 Å². The van der Waals surface area contributed by atoms with E-state index in [1.54, 1.807) is 0 Å². The quantitative estimate of drug-likeness (QED) is 0.484. The van der Waals surface area contributed by atoms with Crippen molar-refractivity contribution in [3.05, 3.63) is 0 Å². The number of hydrogen-bond acceptors (Lipinski definition) is 5. The van der Waals surface area contributed by atoms with Gasteiger partial charge >= 0.3 is 12.3 Å². The van der Waals surface area contributed by atoms with Gasteiger partial charge in [-0.25, -0.2) is 9.59 Å². The summed E-state index contributed by atoms with van der Waals surface area (Å²) in [6.45, 7) is 0. The Labute approximate surface area is 74.9 Å². The third-order valence-corrected chi connectivity index (χ3v) is 1.74. The highest BCUT2D eigenvalue weighted by Gasteiger charge is 2.31. The second-order valence-corrected chi connectivity index (χ2v) is 3.24. The van der Waals surface area contributed by atoms with Gasteiger partial charge in [-0.1, -0.05) is 0 Å². The first-order chi connectivity index (χ1) is 6.24. The van der Waals surface area contributed by atoms with Crippen LogP contribution < -0.4 is 0 Å². The van der Waals surface area contributed by atoms with Crippen LogP contribution in [0.3, 0.4) is 0 Å². The molecule has 0 unspecified atom stereocenters. The maximum absolute atomic E-state index is 10.8. The van der Waals surface area contributed by atoms with E-state index in [0.29, 0.717) is 0 Å². The normalized spacial score (nSPS) is 20.6. The van der Waals surface area contributed by atoms with E-state index in [9.17, 15) is 9.59 Å². The van der Waals surface area contributed by atoms with Crippen molar-refractivity contribution in [1.82, 2.24) is 0 Å². The average Bonchev–Trinajstić information content (AvgIpc) is 2.81. The molecule has 0 heterocycles. The van der Waals surface area contributed by atoms with E-state index in [-0.39, 0.29) is 12.2 Å². The molecule has 0 aromatic rings. The Kier molecular flexibility index (Phi) is 2.08. The second kappa shape index (κ2) is 3.24. The zero-order chi connectivity index (χ0) is 9.26. The van der Waals surface area contributed by atoms with Crippen molar-refractivity contribution < 1.29 is 23.8 Å². The Morgan fingerprint density at radius 1 is 0.846 bits per heavy atom. The first-order valence-electron chi connectivity index (χ1n) is 4.33. The van der Waals surface area contributed by atoms with Crippen molar-refractivity contribution >= 4 is 12.3 Å². The van der Waals surface area contributed by atoms with Crippen LogP contribution in [-0.4, -0.2) is 24.5 Å². The molecule has 2 saturated carbocycles. The Balaban J connectivity index is 1.62. The fraction of sp³-hybridized carbons (Fsp3) is 0.750. The van der Waals surface area contributed by atoms with Gasteiger partial charge in [0.25, 0.3) is 0 Å². The third kappa shape index (κ3) is 2.93. The maximum Gasteiger partial charge on any atom is 0.518 e. The average molecular weight is 186 g/mol. The van der Waals surface area contributed by atoms with Crippen LogP contribution >= 0.6 is 0 Å². The summed E-state index contributed by atoms with van der Waals surface area (Å²) >= 11 is 0. The molecule has 0 aromatic carbocycles. The molecule has 2 fully saturated rings. The van der Waals surface area contributed by atoms with E-state index >= 15 is 0 Å². The Morgan fingerprint density at radius 2 is 1.23 bits per heavy atom. The highest BCUT2D eigenvalue weighted by molar-refractivity contribution is 5.77. The molecule has 0 radical (unpaired) electrons. The molecule has 0 atom stereocenters. The second-order valence-electron chi connectivity index (χ2n) is 3.24. The lowest BCUT2D eigenvalue weighted by Gasteiger charge is -2.02. The first-order valence-corrected chi connectivity index (χ1v) is 4.33. The van der Waals surface area contributed by atoms with E-state index in [2.05, 4.69) is 14.2 Å². The van der Waals surface area contributed by atoms with Gasteiger partial charge in [0, 0.05) is 0 Å². The maximum atomic E-state index is 10.8. The smallest absolute Gasteiger partial charge is 0.431 e. The lowest BCUT2D eigenvalue weighted by molar-refractivity contribution is 0.0303. The van der Waals surface area contributed by atoms with Crippen molar-refractivity contribution in [1.29, 1.82) is 0 Å². The van der Waals surface area contributed by atoms with Crippen LogP contribution in [0.5, 0.6) is 0 Å². The standard InChI is InChI=1S/C8H10O5/c9-7(11-5-1-2-5)13-8(10)12-6-3-4-6/h5-6H,1-4H2. The van der Waals surface area contributed by atoms with Crippen molar-refractivity contribution in [2.24, 2.45) is 0 Å². The van der Waals surface area contributed by atoms with Gasteiger partial charge in [0.2, 0.25) is 0 Å². The number of ether oxygens (including phenoxy) is 3. The Morgan fingerprint density at radius 3 is 1.54 bits per heavy atom. The summed E-state index contributed by atoms with van der Waals surface area (Å²) < 4.78 is 13.6. The molecule has 2 aliphatic carbocycles. The summed E-state index contributed by atoms with van der Waals surface area (Å²) in [6.07, 6.45) is 1.41. The van der Waals surface area contributed by atoms with E-state index in [0.717, 1.165) is 25.7 Å². The molecule has 72 valence electrons. The first kappa shape index (κ1) is 8.34. The molecule has 0 spiro atoms. The summed E-state index contributed by atoms with van der Waals surface area (Å²) in [5.74, 6) is 0. The number of carbonyl (C=O) groups is 2. The molecule has 0 bridgehead atoms. The minimum atomic E-state index is -0.951. The van der Waals surface area contributed by atoms with Crippen molar-refractivity contribution in [3.63, 3.8) is 0 Å². The molecular formula is C8H10O5. The number of hydrogen-bond donors (Lipinski definition) is 0. The number of rotatable bonds is 2. The molecule has 0 N–H and O–H groups in total. The summed E-state index contributed by atoms with van der Waals surface area (Å²) in [6, 6.07) is 0. The molecule has 2 rings (SSSR count). The van der Waals surface area contributed by atoms with Crippen LogP contribution in [0.1, 0.15) is 25.7 Å². The molecule has 0 aliphatic heterocycles. The largest absolute Gasteiger partial charge is 0.518 e. The van der Waals surface area contributed by atoms with Crippen LogP contribution in [-0.2, 0) is 14.2 Å². The van der Waals surface area contributed by atoms with E-state index in [1.165, 1.54) is 0 Å². The minimum Gasteiger partial charge on any atom is -0.431 e. The van der Waals surface area contributed by atoms with Gasteiger partial charge in [0.1, 0.15) is 12.2 Å². The summed E-state index contributed by atoms with van der Waals surface area (Å²) in [4.78, 5) is 21.5. The predicted octanol–water partition coefficient (Wildman–Crippen LogP) is 1.60. The number of carbonyl (C=O) groups excluding carboxylic acids is 2. The summed E-state index contributed by atoms with van der Waals surface area (Å²) in [7, 11) is 0. The topological polar surface area (TPSA) is 61.8 Å². The van der Waals surface area contributed by atoms with Gasteiger partial charge in [-0.15, -0.1) is 0 Å². The van der Waals surface area contributed by atoms with Crippen LogP contribution in [0.2, 0.25) is 0 Å². The highest BCUT2D eigenvalue weighted by Crippen LogP contribution is 2.25. The van der Waals surface area contributed by atoms with Gasteiger partial charge in [-0.05, 0) is 25.7 Å². The molecule has 5 nitrogen and oxygen atoms in total. The molecule has 2 aliphatic rings. The fourth-order valence-electron chi connectivity index (χ4n) is 0.760. The lowest BCUT2D eigenvalue weighted by atomic mass is 10.8. The van der Waals surface area contributed by atoms with Crippen molar-refractivity contribution in [3.8, 4) is 0 Å².